The maximum atomic E-state index is 13.0. The van der Waals surface area contributed by atoms with E-state index in [0.29, 0.717) is 12.3 Å². The van der Waals surface area contributed by atoms with Crippen molar-refractivity contribution in [1.29, 1.82) is 0 Å². The van der Waals surface area contributed by atoms with Crippen LogP contribution in [0.25, 0.3) is 0 Å². The second-order valence-corrected chi connectivity index (χ2v) is 6.71. The summed E-state index contributed by atoms with van der Waals surface area (Å²) in [5.41, 5.74) is 1.66. The van der Waals surface area contributed by atoms with Gasteiger partial charge < -0.3 is 10.0 Å². The monoisotopic (exact) mass is 371 g/mol. The average molecular weight is 372 g/mol. The third kappa shape index (κ3) is 4.96. The Morgan fingerprint density at radius 3 is 2.15 bits per heavy atom. The van der Waals surface area contributed by atoms with Crippen LogP contribution >= 0.6 is 11.6 Å². The highest BCUT2D eigenvalue weighted by Gasteiger charge is 2.31. The topological polar surface area (TPSA) is 40.5 Å². The van der Waals surface area contributed by atoms with Gasteiger partial charge in [0.2, 0.25) is 5.91 Å². The number of hydrogen-bond donors (Lipinski definition) is 1. The van der Waals surface area contributed by atoms with Gasteiger partial charge in [-0.3, -0.25) is 4.79 Å². The Labute approximate surface area is 160 Å². The van der Waals surface area contributed by atoms with Crippen LogP contribution in [0.4, 0.5) is 0 Å². The van der Waals surface area contributed by atoms with Crippen molar-refractivity contribution in [2.45, 2.75) is 25.0 Å². The van der Waals surface area contributed by atoms with Gasteiger partial charge in [0.05, 0.1) is 12.0 Å². The fourth-order valence-electron chi connectivity index (χ4n) is 3.14. The number of aliphatic hydroxyl groups excluding tert-OH is 1. The summed E-state index contributed by atoms with van der Waals surface area (Å²) >= 11 is 5.78. The lowest BCUT2D eigenvalue weighted by molar-refractivity contribution is -0.137. The van der Waals surface area contributed by atoms with E-state index in [9.17, 15) is 9.90 Å². The third-order valence-electron chi connectivity index (χ3n) is 4.60. The molecule has 2 rings (SSSR count). The molecule has 2 aromatic rings. The Bertz CT molecular complexity index is 690. The molecule has 0 aliphatic heterocycles. The maximum Gasteiger partial charge on any atom is 0.229 e. The zero-order valence-electron chi connectivity index (χ0n) is 15.1. The van der Waals surface area contributed by atoms with Gasteiger partial charge in [-0.15, -0.1) is 18.2 Å². The van der Waals surface area contributed by atoms with Gasteiger partial charge in [-0.05, 0) is 24.0 Å². The van der Waals surface area contributed by atoms with Gasteiger partial charge in [0.25, 0.3) is 0 Å². The molecule has 4 heteroatoms. The van der Waals surface area contributed by atoms with Crippen molar-refractivity contribution in [2.24, 2.45) is 5.92 Å². The molecule has 0 aliphatic carbocycles. The summed E-state index contributed by atoms with van der Waals surface area (Å²) in [4.78, 5) is 14.7. The molecule has 0 heterocycles. The molecule has 0 spiro atoms. The number of alkyl halides is 1. The van der Waals surface area contributed by atoms with E-state index in [0.717, 1.165) is 17.5 Å². The van der Waals surface area contributed by atoms with E-state index in [1.807, 2.05) is 60.7 Å². The van der Waals surface area contributed by atoms with Crippen molar-refractivity contribution in [2.75, 3.05) is 12.9 Å². The molecule has 0 saturated heterocycles. The van der Waals surface area contributed by atoms with E-state index in [1.165, 1.54) is 0 Å². The van der Waals surface area contributed by atoms with Crippen molar-refractivity contribution in [3.05, 3.63) is 84.4 Å². The third-order valence-corrected chi connectivity index (χ3v) is 4.86. The number of aliphatic hydroxyl groups is 1. The van der Waals surface area contributed by atoms with E-state index in [2.05, 4.69) is 6.58 Å². The van der Waals surface area contributed by atoms with Crippen LogP contribution in [0.15, 0.2) is 73.3 Å². The Balaban J connectivity index is 2.34. The lowest BCUT2D eigenvalue weighted by atomic mass is 9.93. The van der Waals surface area contributed by atoms with Gasteiger partial charge in [0.1, 0.15) is 6.10 Å². The number of rotatable bonds is 9. The molecule has 0 aromatic heterocycles. The molecule has 0 unspecified atom stereocenters. The SMILES string of the molecule is C=C[C@H](CCCCl)C(=O)N(C)[C@@H](c1ccccc1)[C@@H](O)c1ccccc1. The zero-order valence-corrected chi connectivity index (χ0v) is 15.8. The molecule has 0 bridgehead atoms. The van der Waals surface area contributed by atoms with E-state index >= 15 is 0 Å². The summed E-state index contributed by atoms with van der Waals surface area (Å²) in [5.74, 6) is 0.137. The fraction of sp³-hybridized carbons (Fsp3) is 0.318. The number of carbonyl (C=O) groups is 1. The number of nitrogens with zero attached hydrogens (tertiary/aromatic N) is 1. The van der Waals surface area contributed by atoms with Crippen molar-refractivity contribution >= 4 is 17.5 Å². The minimum Gasteiger partial charge on any atom is -0.386 e. The van der Waals surface area contributed by atoms with Gasteiger partial charge in [-0.1, -0.05) is 66.7 Å². The first-order valence-corrected chi connectivity index (χ1v) is 9.36. The summed E-state index contributed by atoms with van der Waals surface area (Å²) in [6.07, 6.45) is 2.24. The quantitative estimate of drug-likeness (QED) is 0.510. The molecule has 26 heavy (non-hydrogen) atoms. The largest absolute Gasteiger partial charge is 0.386 e. The van der Waals surface area contributed by atoms with Crippen LogP contribution in [-0.4, -0.2) is 28.8 Å². The summed E-state index contributed by atoms with van der Waals surface area (Å²) in [5, 5.41) is 11.0. The van der Waals surface area contributed by atoms with Gasteiger partial charge in [-0.25, -0.2) is 0 Å². The first-order chi connectivity index (χ1) is 12.6. The summed E-state index contributed by atoms with van der Waals surface area (Å²) in [7, 11) is 1.74. The first kappa shape index (κ1) is 20.2. The molecule has 2 aromatic carbocycles. The van der Waals surface area contributed by atoms with Crippen LogP contribution in [-0.2, 0) is 4.79 Å². The van der Waals surface area contributed by atoms with Gasteiger partial charge in [0, 0.05) is 12.9 Å². The zero-order chi connectivity index (χ0) is 18.9. The summed E-state index contributed by atoms with van der Waals surface area (Å²) in [6, 6.07) is 18.6. The Morgan fingerprint density at radius 2 is 1.65 bits per heavy atom. The smallest absolute Gasteiger partial charge is 0.229 e. The first-order valence-electron chi connectivity index (χ1n) is 8.83. The minimum atomic E-state index is -0.828. The van der Waals surface area contributed by atoms with E-state index in [4.69, 9.17) is 11.6 Å². The number of amides is 1. The Kier molecular flexibility index (Phi) is 7.89. The summed E-state index contributed by atoms with van der Waals surface area (Å²) < 4.78 is 0. The molecule has 1 N–H and O–H groups in total. The number of benzene rings is 2. The van der Waals surface area contributed by atoms with E-state index in [-0.39, 0.29) is 11.8 Å². The predicted molar refractivity (Wildman–Crippen MR) is 107 cm³/mol. The molecule has 1 amide bonds. The molecule has 3 atom stereocenters. The number of halogens is 1. The lowest BCUT2D eigenvalue weighted by Gasteiger charge is -2.34. The fourth-order valence-corrected chi connectivity index (χ4v) is 3.29. The van der Waals surface area contributed by atoms with Crippen LogP contribution in [0.2, 0.25) is 0 Å². The number of carbonyl (C=O) groups excluding carboxylic acids is 1. The molecule has 138 valence electrons. The van der Waals surface area contributed by atoms with E-state index < -0.39 is 12.1 Å². The van der Waals surface area contributed by atoms with Crippen LogP contribution in [0.3, 0.4) is 0 Å². The highest BCUT2D eigenvalue weighted by atomic mass is 35.5. The predicted octanol–water partition coefficient (Wildman–Crippen LogP) is 4.74. The van der Waals surface area contributed by atoms with Crippen LogP contribution in [0.5, 0.6) is 0 Å². The molecule has 0 radical (unpaired) electrons. The summed E-state index contributed by atoms with van der Waals surface area (Å²) in [6.45, 7) is 3.80. The van der Waals surface area contributed by atoms with Crippen molar-refractivity contribution in [3.63, 3.8) is 0 Å². The second kappa shape index (κ2) is 10.1. The number of hydrogen-bond acceptors (Lipinski definition) is 2. The Morgan fingerprint density at radius 1 is 1.12 bits per heavy atom. The molecule has 3 nitrogen and oxygen atoms in total. The highest BCUT2D eigenvalue weighted by molar-refractivity contribution is 6.17. The standard InChI is InChI=1S/C22H26ClNO2/c1-3-17(15-10-16-23)22(26)24(2)20(18-11-6-4-7-12-18)21(25)19-13-8-5-9-14-19/h3-9,11-14,17,20-21,25H,1,10,15-16H2,2H3/t17-,20+,21+/m1/s1. The van der Waals surface area contributed by atoms with Crippen LogP contribution in [0.1, 0.15) is 36.1 Å². The normalized spacial score (nSPS) is 14.3. The average Bonchev–Trinajstić information content (AvgIpc) is 2.70. The maximum absolute atomic E-state index is 13.0. The highest BCUT2D eigenvalue weighted by Crippen LogP contribution is 2.34. The van der Waals surface area contributed by atoms with Crippen molar-refractivity contribution < 1.29 is 9.90 Å². The molecular weight excluding hydrogens is 346 g/mol. The Hall–Kier alpha value is -2.10. The second-order valence-electron chi connectivity index (χ2n) is 6.33. The van der Waals surface area contributed by atoms with Gasteiger partial charge in [-0.2, -0.15) is 0 Å². The molecular formula is C22H26ClNO2. The van der Waals surface area contributed by atoms with E-state index in [1.54, 1.807) is 18.0 Å². The van der Waals surface area contributed by atoms with Crippen molar-refractivity contribution in [1.82, 2.24) is 4.90 Å². The number of likely N-dealkylation sites (N-methyl/N-ethyl adjacent to an activating group) is 1. The molecule has 0 aliphatic rings. The minimum absolute atomic E-state index is 0.0612. The van der Waals surface area contributed by atoms with Crippen LogP contribution < -0.4 is 0 Å². The van der Waals surface area contributed by atoms with Crippen molar-refractivity contribution in [3.8, 4) is 0 Å². The van der Waals surface area contributed by atoms with Crippen LogP contribution in [0, 0.1) is 5.92 Å². The van der Waals surface area contributed by atoms with Gasteiger partial charge in [0.15, 0.2) is 0 Å². The lowest BCUT2D eigenvalue weighted by Crippen LogP contribution is -2.38. The van der Waals surface area contributed by atoms with Gasteiger partial charge >= 0.3 is 0 Å². The molecule has 0 saturated carbocycles. The molecule has 0 fully saturated rings.